The standard InChI is InChI=1S/C15H22ClN3O/c1-3-18(4-2)11-8-9-19(10-11)15(20)14-12(16)6-5-7-13(14)17/h5-7,11H,3-4,8-10,17H2,1-2H3. The first-order valence-corrected chi connectivity index (χ1v) is 7.53. The fourth-order valence-electron chi connectivity index (χ4n) is 2.89. The van der Waals surface area contributed by atoms with Crippen molar-refractivity contribution in [3.05, 3.63) is 28.8 Å². The summed E-state index contributed by atoms with van der Waals surface area (Å²) in [5, 5.41) is 0.432. The van der Waals surface area contributed by atoms with Gasteiger partial charge in [-0.2, -0.15) is 0 Å². The SMILES string of the molecule is CCN(CC)C1CCN(C(=O)c2c(N)cccc2Cl)C1. The molecule has 0 radical (unpaired) electrons. The number of hydrogen-bond acceptors (Lipinski definition) is 3. The van der Waals surface area contributed by atoms with E-state index in [9.17, 15) is 4.79 Å². The summed E-state index contributed by atoms with van der Waals surface area (Å²) in [6.45, 7) is 7.85. The van der Waals surface area contributed by atoms with Crippen LogP contribution in [-0.2, 0) is 0 Å². The molecule has 110 valence electrons. The van der Waals surface area contributed by atoms with Crippen LogP contribution in [0.3, 0.4) is 0 Å². The van der Waals surface area contributed by atoms with Gasteiger partial charge >= 0.3 is 0 Å². The van der Waals surface area contributed by atoms with Crippen molar-refractivity contribution in [2.45, 2.75) is 26.3 Å². The molecule has 1 fully saturated rings. The molecule has 4 nitrogen and oxygen atoms in total. The average Bonchev–Trinajstić information content (AvgIpc) is 2.89. The molecule has 2 N–H and O–H groups in total. The molecule has 1 saturated heterocycles. The van der Waals surface area contributed by atoms with Crippen molar-refractivity contribution < 1.29 is 4.79 Å². The molecule has 1 aromatic carbocycles. The first-order chi connectivity index (χ1) is 9.58. The van der Waals surface area contributed by atoms with Gasteiger partial charge in [0.1, 0.15) is 0 Å². The second-order valence-electron chi connectivity index (χ2n) is 5.12. The largest absolute Gasteiger partial charge is 0.398 e. The smallest absolute Gasteiger partial charge is 0.257 e. The van der Waals surface area contributed by atoms with Gasteiger partial charge in [0, 0.05) is 24.8 Å². The zero-order valence-corrected chi connectivity index (χ0v) is 12.9. The van der Waals surface area contributed by atoms with E-state index in [1.807, 2.05) is 4.90 Å². The minimum atomic E-state index is -0.0530. The number of hydrogen-bond donors (Lipinski definition) is 1. The van der Waals surface area contributed by atoms with E-state index in [2.05, 4.69) is 18.7 Å². The molecular weight excluding hydrogens is 274 g/mol. The minimum Gasteiger partial charge on any atom is -0.398 e. The fraction of sp³-hybridized carbons (Fsp3) is 0.533. The van der Waals surface area contributed by atoms with Crippen LogP contribution in [-0.4, -0.2) is 47.9 Å². The zero-order valence-electron chi connectivity index (χ0n) is 12.1. The Kier molecular flexibility index (Phi) is 4.89. The summed E-state index contributed by atoms with van der Waals surface area (Å²) >= 11 is 6.12. The highest BCUT2D eigenvalue weighted by Gasteiger charge is 2.31. The first kappa shape index (κ1) is 15.1. The maximum atomic E-state index is 12.6. The van der Waals surface area contributed by atoms with Crippen molar-refractivity contribution in [3.63, 3.8) is 0 Å². The Morgan fingerprint density at radius 2 is 2.15 bits per heavy atom. The van der Waals surface area contributed by atoms with Gasteiger partial charge in [-0.05, 0) is 31.6 Å². The van der Waals surface area contributed by atoms with Crippen LogP contribution in [0.4, 0.5) is 5.69 Å². The third-order valence-corrected chi connectivity index (χ3v) is 4.35. The van der Waals surface area contributed by atoms with Crippen molar-refractivity contribution in [2.75, 3.05) is 31.9 Å². The molecule has 20 heavy (non-hydrogen) atoms. The first-order valence-electron chi connectivity index (χ1n) is 7.15. The van der Waals surface area contributed by atoms with Gasteiger partial charge in [0.25, 0.3) is 5.91 Å². The molecule has 0 aromatic heterocycles. The fourth-order valence-corrected chi connectivity index (χ4v) is 3.15. The summed E-state index contributed by atoms with van der Waals surface area (Å²) in [6.07, 6.45) is 1.01. The average molecular weight is 296 g/mol. The summed E-state index contributed by atoms with van der Waals surface area (Å²) in [5.41, 5.74) is 6.79. The lowest BCUT2D eigenvalue weighted by Gasteiger charge is -2.26. The van der Waals surface area contributed by atoms with Crippen LogP contribution in [0.5, 0.6) is 0 Å². The highest BCUT2D eigenvalue weighted by molar-refractivity contribution is 6.34. The molecule has 0 aliphatic carbocycles. The second-order valence-corrected chi connectivity index (χ2v) is 5.53. The zero-order chi connectivity index (χ0) is 14.7. The van der Waals surface area contributed by atoms with Crippen LogP contribution in [0.25, 0.3) is 0 Å². The van der Waals surface area contributed by atoms with E-state index < -0.39 is 0 Å². The van der Waals surface area contributed by atoms with Gasteiger partial charge in [0.2, 0.25) is 0 Å². The van der Waals surface area contributed by atoms with E-state index >= 15 is 0 Å². The Hall–Kier alpha value is -1.26. The normalized spacial score (nSPS) is 18.8. The van der Waals surface area contributed by atoms with Crippen LogP contribution < -0.4 is 5.73 Å². The quantitative estimate of drug-likeness (QED) is 0.868. The van der Waals surface area contributed by atoms with E-state index in [0.29, 0.717) is 22.3 Å². The van der Waals surface area contributed by atoms with E-state index in [0.717, 1.165) is 32.6 Å². The number of anilines is 1. The van der Waals surface area contributed by atoms with E-state index in [1.165, 1.54) is 0 Å². The number of carbonyl (C=O) groups is 1. The van der Waals surface area contributed by atoms with E-state index in [-0.39, 0.29) is 5.91 Å². The van der Waals surface area contributed by atoms with Crippen molar-refractivity contribution in [1.29, 1.82) is 0 Å². The maximum Gasteiger partial charge on any atom is 0.257 e. The highest BCUT2D eigenvalue weighted by atomic mass is 35.5. The molecule has 2 rings (SSSR count). The lowest BCUT2D eigenvalue weighted by Crippen LogP contribution is -2.38. The number of likely N-dealkylation sites (tertiary alicyclic amines) is 1. The number of nitrogen functional groups attached to an aromatic ring is 1. The molecule has 0 spiro atoms. The number of halogens is 1. The molecule has 0 bridgehead atoms. The molecule has 1 unspecified atom stereocenters. The van der Waals surface area contributed by atoms with Gasteiger partial charge in [-0.1, -0.05) is 31.5 Å². The van der Waals surface area contributed by atoms with Crippen LogP contribution in [0.2, 0.25) is 5.02 Å². The Morgan fingerprint density at radius 3 is 2.75 bits per heavy atom. The minimum absolute atomic E-state index is 0.0530. The van der Waals surface area contributed by atoms with E-state index in [4.69, 9.17) is 17.3 Å². The van der Waals surface area contributed by atoms with Gasteiger partial charge in [0.15, 0.2) is 0 Å². The van der Waals surface area contributed by atoms with Crippen molar-refractivity contribution in [3.8, 4) is 0 Å². The molecular formula is C15H22ClN3O. The monoisotopic (exact) mass is 295 g/mol. The second kappa shape index (κ2) is 6.46. The number of amides is 1. The van der Waals surface area contributed by atoms with Crippen molar-refractivity contribution in [2.24, 2.45) is 0 Å². The van der Waals surface area contributed by atoms with Gasteiger partial charge in [-0.15, -0.1) is 0 Å². The molecule has 1 aromatic rings. The summed E-state index contributed by atoms with van der Waals surface area (Å²) in [6, 6.07) is 5.63. The molecule has 1 aliphatic heterocycles. The molecule has 0 saturated carbocycles. The van der Waals surface area contributed by atoms with Gasteiger partial charge in [0.05, 0.1) is 10.6 Å². The Balaban J connectivity index is 2.12. The summed E-state index contributed by atoms with van der Waals surface area (Å²) in [7, 11) is 0. The lowest BCUT2D eigenvalue weighted by molar-refractivity contribution is 0.0779. The third-order valence-electron chi connectivity index (χ3n) is 4.04. The topological polar surface area (TPSA) is 49.6 Å². The number of nitrogens with two attached hydrogens (primary N) is 1. The number of carbonyl (C=O) groups excluding carboxylic acids is 1. The van der Waals surface area contributed by atoms with Crippen molar-refractivity contribution >= 4 is 23.2 Å². The van der Waals surface area contributed by atoms with Crippen LogP contribution >= 0.6 is 11.6 Å². The summed E-state index contributed by atoms with van der Waals surface area (Å²) in [5.74, 6) is -0.0530. The van der Waals surface area contributed by atoms with E-state index in [1.54, 1.807) is 18.2 Å². The van der Waals surface area contributed by atoms with Gasteiger partial charge in [-0.25, -0.2) is 0 Å². The third kappa shape index (κ3) is 2.91. The number of benzene rings is 1. The predicted molar refractivity (Wildman–Crippen MR) is 83.1 cm³/mol. The molecule has 5 heteroatoms. The maximum absolute atomic E-state index is 12.6. The van der Waals surface area contributed by atoms with Crippen molar-refractivity contribution in [1.82, 2.24) is 9.80 Å². The van der Waals surface area contributed by atoms with Gasteiger partial charge < -0.3 is 10.6 Å². The molecule has 1 aliphatic rings. The number of rotatable bonds is 4. The van der Waals surface area contributed by atoms with Crippen LogP contribution in [0.15, 0.2) is 18.2 Å². The lowest BCUT2D eigenvalue weighted by atomic mass is 10.1. The Bertz CT molecular complexity index is 468. The van der Waals surface area contributed by atoms with Gasteiger partial charge in [-0.3, -0.25) is 9.69 Å². The van der Waals surface area contributed by atoms with Crippen LogP contribution in [0, 0.1) is 0 Å². The highest BCUT2D eigenvalue weighted by Crippen LogP contribution is 2.26. The number of nitrogens with zero attached hydrogens (tertiary/aromatic N) is 2. The Labute approximate surface area is 125 Å². The predicted octanol–water partition coefficient (Wildman–Crippen LogP) is 2.48. The Morgan fingerprint density at radius 1 is 1.45 bits per heavy atom. The number of likely N-dealkylation sites (N-methyl/N-ethyl adjacent to an activating group) is 1. The van der Waals surface area contributed by atoms with Crippen LogP contribution in [0.1, 0.15) is 30.6 Å². The summed E-state index contributed by atoms with van der Waals surface area (Å²) in [4.78, 5) is 16.8. The molecule has 1 amide bonds. The summed E-state index contributed by atoms with van der Waals surface area (Å²) < 4.78 is 0. The molecule has 1 heterocycles. The molecule has 1 atom stereocenters.